The van der Waals surface area contributed by atoms with Gasteiger partial charge in [-0.15, -0.1) is 22.7 Å². The summed E-state index contributed by atoms with van der Waals surface area (Å²) in [5.41, 5.74) is 6.84. The number of thiazole rings is 2. The number of carboxylic acid groups (broad SMARTS) is 1. The van der Waals surface area contributed by atoms with Crippen molar-refractivity contribution < 1.29 is 19.4 Å². The van der Waals surface area contributed by atoms with Gasteiger partial charge in [0.05, 0.1) is 27.0 Å². The Balaban J connectivity index is 0.881. The molecule has 0 saturated heterocycles. The average molecular weight is 832 g/mol. The Labute approximate surface area is 349 Å². The first-order valence-corrected chi connectivity index (χ1v) is 22.0. The van der Waals surface area contributed by atoms with Gasteiger partial charge in [0.15, 0.2) is 16.0 Å². The van der Waals surface area contributed by atoms with E-state index in [1.54, 1.807) is 17.7 Å². The molecule has 0 saturated carbocycles. The topological polar surface area (TPSA) is 142 Å². The summed E-state index contributed by atoms with van der Waals surface area (Å²) in [7, 11) is 0. The second-order valence-electron chi connectivity index (χ2n) is 15.8. The number of anilines is 3. The number of rotatable bonds is 14. The van der Waals surface area contributed by atoms with Gasteiger partial charge in [0.2, 0.25) is 0 Å². The Kier molecular flexibility index (Phi) is 11.4. The highest BCUT2D eigenvalue weighted by Gasteiger charge is 2.27. The van der Waals surface area contributed by atoms with Crippen molar-refractivity contribution in [3.05, 3.63) is 106 Å². The zero-order valence-electron chi connectivity index (χ0n) is 32.9. The minimum Gasteiger partial charge on any atom is -0.494 e. The number of nitrogens with one attached hydrogen (secondary N) is 2. The van der Waals surface area contributed by atoms with Crippen LogP contribution in [0, 0.1) is 5.41 Å². The van der Waals surface area contributed by atoms with Crippen molar-refractivity contribution in [2.45, 2.75) is 72.4 Å². The number of ether oxygens (including phenoxy) is 1. The van der Waals surface area contributed by atoms with Crippen molar-refractivity contribution in [3.8, 4) is 16.9 Å². The van der Waals surface area contributed by atoms with Crippen LogP contribution in [0.15, 0.2) is 78.4 Å². The second kappa shape index (κ2) is 16.8. The van der Waals surface area contributed by atoms with E-state index in [9.17, 15) is 14.7 Å². The van der Waals surface area contributed by atoms with Crippen LogP contribution in [0.4, 0.5) is 16.1 Å². The molecule has 1 aliphatic rings. The largest absolute Gasteiger partial charge is 0.494 e. The van der Waals surface area contributed by atoms with Gasteiger partial charge in [-0.3, -0.25) is 10.1 Å². The van der Waals surface area contributed by atoms with E-state index >= 15 is 0 Å². The highest BCUT2D eigenvalue weighted by Crippen LogP contribution is 2.37. The van der Waals surface area contributed by atoms with Crippen LogP contribution >= 0.6 is 34.0 Å². The molecule has 58 heavy (non-hydrogen) atoms. The maximum absolute atomic E-state index is 13.5. The zero-order valence-corrected chi connectivity index (χ0v) is 35.3. The van der Waals surface area contributed by atoms with Crippen LogP contribution in [0.5, 0.6) is 5.75 Å². The first kappa shape index (κ1) is 39.4. The van der Waals surface area contributed by atoms with Crippen molar-refractivity contribution in [2.75, 3.05) is 28.7 Å². The van der Waals surface area contributed by atoms with Gasteiger partial charge in [-0.05, 0) is 91.5 Å². The minimum absolute atomic E-state index is 0.0709. The number of amides is 1. The molecule has 1 atom stereocenters. The van der Waals surface area contributed by atoms with Crippen molar-refractivity contribution in [2.24, 2.45) is 5.41 Å². The van der Waals surface area contributed by atoms with Gasteiger partial charge in [0.25, 0.3) is 5.91 Å². The number of nitrogens with zero attached hydrogens (tertiary/aromatic N) is 5. The van der Waals surface area contributed by atoms with E-state index in [4.69, 9.17) is 4.74 Å². The molecule has 1 unspecified atom stereocenters. The fourth-order valence-corrected chi connectivity index (χ4v) is 10.1. The van der Waals surface area contributed by atoms with Crippen LogP contribution in [0.25, 0.3) is 31.6 Å². The van der Waals surface area contributed by atoms with E-state index < -0.39 is 5.97 Å². The molecular weight excluding hydrogens is 787 g/mol. The molecule has 1 aliphatic heterocycles. The molecule has 0 fully saturated rings. The normalized spacial score (nSPS) is 13.4. The maximum atomic E-state index is 13.5. The van der Waals surface area contributed by atoms with Gasteiger partial charge in [0.1, 0.15) is 17.9 Å². The minimum atomic E-state index is -1.05. The van der Waals surface area contributed by atoms with E-state index in [2.05, 4.69) is 68.5 Å². The number of hydrogen-bond acceptors (Lipinski definition) is 12. The maximum Gasteiger partial charge on any atom is 0.355 e. The summed E-state index contributed by atoms with van der Waals surface area (Å²) in [4.78, 5) is 47.0. The lowest BCUT2D eigenvalue weighted by atomic mass is 9.89. The van der Waals surface area contributed by atoms with Gasteiger partial charge in [-0.1, -0.05) is 68.5 Å². The fraction of sp³-hybridized carbons (Fsp3) is 0.318. The lowest BCUT2D eigenvalue weighted by Gasteiger charge is -2.29. The number of para-hydroxylation sites is 1. The summed E-state index contributed by atoms with van der Waals surface area (Å²) in [5.74, 6) is 0.350. The van der Waals surface area contributed by atoms with Gasteiger partial charge < -0.3 is 20.1 Å². The Bertz CT molecular complexity index is 2560. The molecule has 3 aromatic carbocycles. The number of thiophene rings is 1. The van der Waals surface area contributed by atoms with Crippen molar-refractivity contribution in [3.63, 3.8) is 0 Å². The number of carbonyl (C=O) groups excluding carboxylic acids is 1. The van der Waals surface area contributed by atoms with Gasteiger partial charge in [-0.25, -0.2) is 24.7 Å². The predicted molar refractivity (Wildman–Crippen MR) is 236 cm³/mol. The summed E-state index contributed by atoms with van der Waals surface area (Å²) >= 11 is 4.49. The molecule has 3 N–H and O–H groups in total. The van der Waals surface area contributed by atoms with Crippen molar-refractivity contribution in [1.29, 1.82) is 0 Å². The molecule has 1 amide bonds. The fourth-order valence-electron chi connectivity index (χ4n) is 7.13. The number of fused-ring (bicyclic) bond motifs is 3. The molecule has 7 aromatic rings. The molecule has 11 nitrogen and oxygen atoms in total. The van der Waals surface area contributed by atoms with Crippen LogP contribution in [0.3, 0.4) is 0 Å². The van der Waals surface area contributed by atoms with Gasteiger partial charge >= 0.3 is 5.97 Å². The second-order valence-corrected chi connectivity index (χ2v) is 18.8. The van der Waals surface area contributed by atoms with Crippen molar-refractivity contribution in [1.82, 2.24) is 19.9 Å². The van der Waals surface area contributed by atoms with E-state index in [0.29, 0.717) is 65.7 Å². The molecule has 298 valence electrons. The lowest BCUT2D eigenvalue weighted by molar-refractivity contribution is 0.0690. The zero-order chi connectivity index (χ0) is 40.4. The first-order valence-electron chi connectivity index (χ1n) is 19.5. The van der Waals surface area contributed by atoms with Crippen LogP contribution in [-0.4, -0.2) is 56.1 Å². The third-order valence-electron chi connectivity index (χ3n) is 10.2. The number of aryl methyl sites for hydroxylation is 1. The van der Waals surface area contributed by atoms with Crippen molar-refractivity contribution >= 4 is 82.4 Å². The lowest BCUT2D eigenvalue weighted by Crippen LogP contribution is -2.32. The molecule has 8 rings (SSSR count). The quantitative estimate of drug-likeness (QED) is 0.0907. The molecule has 0 spiro atoms. The highest BCUT2D eigenvalue weighted by molar-refractivity contribution is 7.22. The molecule has 5 heterocycles. The molecular formula is C44H45N7O4S3. The van der Waals surface area contributed by atoms with E-state index in [-0.39, 0.29) is 17.0 Å². The number of hydrogen-bond donors (Lipinski definition) is 3. The summed E-state index contributed by atoms with van der Waals surface area (Å²) in [5, 5.41) is 20.0. The number of aromatic carboxylic acids is 1. The number of benzene rings is 3. The predicted octanol–water partition coefficient (Wildman–Crippen LogP) is 10.6. The third kappa shape index (κ3) is 8.83. The smallest absolute Gasteiger partial charge is 0.355 e. The molecule has 0 bridgehead atoms. The summed E-state index contributed by atoms with van der Waals surface area (Å²) < 4.78 is 8.16. The summed E-state index contributed by atoms with van der Waals surface area (Å²) in [6, 6.07) is 21.9. The Morgan fingerprint density at radius 2 is 1.83 bits per heavy atom. The third-order valence-corrected chi connectivity index (χ3v) is 13.3. The number of aromatic nitrogens is 4. The molecule has 4 aromatic heterocycles. The highest BCUT2D eigenvalue weighted by atomic mass is 32.1. The SMILES string of the molecule is CC(CCC(C)(C)C)Nc1ncnc2c(-c3ccc(OCCCc4sc(N5CCc6cccc(C(=O)Nc7nc8ccccc8s7)c6C5)nc4C(=O)O)cc3)csc12. The average Bonchev–Trinajstić information content (AvgIpc) is 3.96. The number of carbonyl (C=O) groups is 2. The van der Waals surface area contributed by atoms with Gasteiger partial charge in [-0.2, -0.15) is 0 Å². The monoisotopic (exact) mass is 831 g/mol. The van der Waals surface area contributed by atoms with Crippen LogP contribution in [0.2, 0.25) is 0 Å². The van der Waals surface area contributed by atoms with E-state index in [0.717, 1.165) is 67.1 Å². The van der Waals surface area contributed by atoms with Crippen LogP contribution < -0.4 is 20.3 Å². The summed E-state index contributed by atoms with van der Waals surface area (Å²) in [6.07, 6.45) is 5.68. The van der Waals surface area contributed by atoms with E-state index in [1.807, 2.05) is 66.7 Å². The van der Waals surface area contributed by atoms with Crippen LogP contribution in [0.1, 0.15) is 83.8 Å². The Morgan fingerprint density at radius 3 is 2.62 bits per heavy atom. The Hall–Kier alpha value is -5.44. The molecule has 0 aliphatic carbocycles. The Morgan fingerprint density at radius 1 is 1.00 bits per heavy atom. The molecule has 0 radical (unpaired) electrons. The van der Waals surface area contributed by atoms with E-state index in [1.165, 1.54) is 22.7 Å². The first-order chi connectivity index (χ1) is 28.0. The summed E-state index contributed by atoms with van der Waals surface area (Å²) in [6.45, 7) is 10.5. The standard InChI is InChI=1S/C44H45N7O4S3/c1-26(18-20-44(2,3)4)47-39-38-36(45-25-46-39)32(24-56-38)28-14-16-29(17-15-28)55-22-8-13-35-37(41(53)54)49-43(58-35)51-21-19-27-9-7-10-30(31(27)23-51)40(52)50-42-48-33-11-5-6-12-34(33)57-42/h5-7,9-12,14-17,24-26H,8,13,18-23H2,1-4H3,(H,53,54)(H,45,46,47)(H,48,50,52). The van der Waals surface area contributed by atoms with Crippen LogP contribution in [-0.2, 0) is 19.4 Å². The number of carboxylic acids is 1. The van der Waals surface area contributed by atoms with Gasteiger partial charge in [0, 0.05) is 40.5 Å². The molecule has 14 heteroatoms.